The second kappa shape index (κ2) is 3.00. The Kier molecular flexibility index (Phi) is 2.50. The Morgan fingerprint density at radius 3 is 2.50 bits per heavy atom. The van der Waals surface area contributed by atoms with Gasteiger partial charge < -0.3 is 4.43 Å². The molecule has 2 heteroatoms. The van der Waals surface area contributed by atoms with Gasteiger partial charge in [-0.3, -0.25) is 0 Å². The molecule has 12 heavy (non-hydrogen) atoms. The van der Waals surface area contributed by atoms with Gasteiger partial charge in [0.1, 0.15) is 0 Å². The van der Waals surface area contributed by atoms with Gasteiger partial charge in [-0.15, -0.1) is 6.58 Å². The minimum Gasteiger partial charge on any atom is -0.412 e. The molecule has 1 aliphatic heterocycles. The van der Waals surface area contributed by atoms with Crippen LogP contribution in [0.5, 0.6) is 0 Å². The van der Waals surface area contributed by atoms with E-state index in [1.54, 1.807) is 0 Å². The molecule has 0 amide bonds. The Morgan fingerprint density at radius 2 is 2.08 bits per heavy atom. The van der Waals surface area contributed by atoms with Gasteiger partial charge in [-0.1, -0.05) is 6.08 Å². The summed E-state index contributed by atoms with van der Waals surface area (Å²) in [5.74, 6) is 0.540. The van der Waals surface area contributed by atoms with Crippen LogP contribution in [0.2, 0.25) is 19.1 Å². The normalized spacial score (nSPS) is 32.8. The Hall–Kier alpha value is -0.0831. The van der Waals surface area contributed by atoms with E-state index in [4.69, 9.17) is 4.43 Å². The van der Waals surface area contributed by atoms with Crippen molar-refractivity contribution in [2.75, 3.05) is 0 Å². The van der Waals surface area contributed by atoms with E-state index >= 15 is 0 Å². The second-order valence-corrected chi connectivity index (χ2v) is 9.07. The Balaban J connectivity index is 2.73. The average Bonchev–Trinajstić information content (AvgIpc) is 1.83. The van der Waals surface area contributed by atoms with Gasteiger partial charge in [0.2, 0.25) is 0 Å². The van der Waals surface area contributed by atoms with Crippen LogP contribution < -0.4 is 0 Å². The predicted molar refractivity (Wildman–Crippen MR) is 55.8 cm³/mol. The van der Waals surface area contributed by atoms with E-state index in [0.29, 0.717) is 5.92 Å². The van der Waals surface area contributed by atoms with E-state index in [1.165, 1.54) is 12.5 Å². The molecule has 0 aromatic heterocycles. The predicted octanol–water partition coefficient (Wildman–Crippen LogP) is 3.19. The third-order valence-electron chi connectivity index (χ3n) is 2.77. The molecule has 1 atom stereocenters. The lowest BCUT2D eigenvalue weighted by molar-refractivity contribution is 0.0358. The molecule has 1 unspecified atom stereocenters. The summed E-state index contributed by atoms with van der Waals surface area (Å²) in [6.45, 7) is 12.8. The third kappa shape index (κ3) is 1.99. The van der Waals surface area contributed by atoms with E-state index in [0.717, 1.165) is 0 Å². The van der Waals surface area contributed by atoms with Gasteiger partial charge in [0, 0.05) is 5.92 Å². The van der Waals surface area contributed by atoms with Gasteiger partial charge in [0.25, 0.3) is 0 Å². The van der Waals surface area contributed by atoms with Crippen LogP contribution in [0.15, 0.2) is 12.7 Å². The molecule has 70 valence electrons. The van der Waals surface area contributed by atoms with Crippen LogP contribution in [0.25, 0.3) is 0 Å². The Labute approximate surface area is 76.9 Å². The zero-order chi connectivity index (χ0) is 9.41. The summed E-state index contributed by atoms with van der Waals surface area (Å²) in [5.41, 5.74) is 0.0235. The van der Waals surface area contributed by atoms with E-state index in [1.807, 2.05) is 6.08 Å². The average molecular weight is 184 g/mol. The van der Waals surface area contributed by atoms with Gasteiger partial charge >= 0.3 is 0 Å². The standard InChI is InChI=1S/C10H20OSi/c1-6-9-7-8-12(4,5)11-10(9,2)3/h6,9H,1,7-8H2,2-5H3. The number of hydrogen-bond donors (Lipinski definition) is 0. The maximum Gasteiger partial charge on any atom is 0.187 e. The van der Waals surface area contributed by atoms with Crippen LogP contribution >= 0.6 is 0 Å². The summed E-state index contributed by atoms with van der Waals surface area (Å²) in [4.78, 5) is 0. The van der Waals surface area contributed by atoms with Crippen LogP contribution in [0, 0.1) is 5.92 Å². The summed E-state index contributed by atoms with van der Waals surface area (Å²) in [6.07, 6.45) is 3.30. The Morgan fingerprint density at radius 1 is 1.50 bits per heavy atom. The van der Waals surface area contributed by atoms with Crippen molar-refractivity contribution in [3.05, 3.63) is 12.7 Å². The van der Waals surface area contributed by atoms with Crippen molar-refractivity contribution in [3.8, 4) is 0 Å². The molecule has 0 saturated carbocycles. The highest BCUT2D eigenvalue weighted by atomic mass is 28.4. The molecule has 0 aliphatic carbocycles. The minimum absolute atomic E-state index is 0.0235. The first-order valence-electron chi connectivity index (χ1n) is 4.70. The SMILES string of the molecule is C=CC1CC[Si](C)(C)OC1(C)C. The van der Waals surface area contributed by atoms with Crippen LogP contribution in [0.1, 0.15) is 20.3 Å². The van der Waals surface area contributed by atoms with Crippen molar-refractivity contribution < 1.29 is 4.43 Å². The van der Waals surface area contributed by atoms with Crippen LogP contribution in [-0.4, -0.2) is 13.9 Å². The molecule has 0 bridgehead atoms. The van der Waals surface area contributed by atoms with Gasteiger partial charge in [-0.2, -0.15) is 0 Å². The van der Waals surface area contributed by atoms with Crippen molar-refractivity contribution in [2.24, 2.45) is 5.92 Å². The zero-order valence-corrected chi connectivity index (χ0v) is 9.68. The molecule has 1 fully saturated rings. The highest BCUT2D eigenvalue weighted by molar-refractivity contribution is 6.71. The van der Waals surface area contributed by atoms with Gasteiger partial charge in [-0.05, 0) is 39.4 Å². The molecule has 1 nitrogen and oxygen atoms in total. The third-order valence-corrected chi connectivity index (χ3v) is 5.35. The van der Waals surface area contributed by atoms with Crippen LogP contribution in [0.4, 0.5) is 0 Å². The molecule has 0 aromatic rings. The molecule has 0 spiro atoms. The number of rotatable bonds is 1. The van der Waals surface area contributed by atoms with E-state index in [2.05, 4.69) is 33.5 Å². The molecule has 0 aromatic carbocycles. The quantitative estimate of drug-likeness (QED) is 0.449. The fourth-order valence-electron chi connectivity index (χ4n) is 2.09. The second-order valence-electron chi connectivity index (χ2n) is 4.85. The van der Waals surface area contributed by atoms with Crippen LogP contribution in [0.3, 0.4) is 0 Å². The largest absolute Gasteiger partial charge is 0.412 e. The Bertz CT molecular complexity index is 184. The number of hydrogen-bond acceptors (Lipinski definition) is 1. The summed E-state index contributed by atoms with van der Waals surface area (Å²) in [6, 6.07) is 1.27. The maximum absolute atomic E-state index is 6.13. The van der Waals surface area contributed by atoms with Crippen LogP contribution in [-0.2, 0) is 4.43 Å². The molecular formula is C10H20OSi. The maximum atomic E-state index is 6.13. The molecule has 1 rings (SSSR count). The van der Waals surface area contributed by atoms with Crippen molar-refractivity contribution in [3.63, 3.8) is 0 Å². The molecule has 0 radical (unpaired) electrons. The fourth-order valence-corrected chi connectivity index (χ4v) is 4.78. The zero-order valence-electron chi connectivity index (χ0n) is 8.68. The highest BCUT2D eigenvalue weighted by Crippen LogP contribution is 2.37. The highest BCUT2D eigenvalue weighted by Gasteiger charge is 2.40. The summed E-state index contributed by atoms with van der Waals surface area (Å²) >= 11 is 0. The van der Waals surface area contributed by atoms with Gasteiger partial charge in [-0.25, -0.2) is 0 Å². The fraction of sp³-hybridized carbons (Fsp3) is 0.800. The molecule has 1 heterocycles. The van der Waals surface area contributed by atoms with Crippen molar-refractivity contribution >= 4 is 8.32 Å². The topological polar surface area (TPSA) is 9.23 Å². The molecular weight excluding hydrogens is 164 g/mol. The van der Waals surface area contributed by atoms with E-state index in [-0.39, 0.29) is 5.60 Å². The summed E-state index contributed by atoms with van der Waals surface area (Å²) in [7, 11) is -1.33. The first-order valence-corrected chi connectivity index (χ1v) is 7.82. The van der Waals surface area contributed by atoms with E-state index < -0.39 is 8.32 Å². The smallest absolute Gasteiger partial charge is 0.187 e. The summed E-state index contributed by atoms with van der Waals surface area (Å²) < 4.78 is 6.13. The van der Waals surface area contributed by atoms with Gasteiger partial charge in [0.15, 0.2) is 8.32 Å². The summed E-state index contributed by atoms with van der Waals surface area (Å²) in [5, 5.41) is 0. The van der Waals surface area contributed by atoms with Crippen molar-refractivity contribution in [1.82, 2.24) is 0 Å². The first kappa shape index (κ1) is 10.0. The van der Waals surface area contributed by atoms with Crippen molar-refractivity contribution in [1.29, 1.82) is 0 Å². The van der Waals surface area contributed by atoms with Gasteiger partial charge in [0.05, 0.1) is 5.60 Å². The lowest BCUT2D eigenvalue weighted by atomic mass is 9.89. The molecule has 1 saturated heterocycles. The van der Waals surface area contributed by atoms with E-state index in [9.17, 15) is 0 Å². The first-order chi connectivity index (χ1) is 5.37. The monoisotopic (exact) mass is 184 g/mol. The lowest BCUT2D eigenvalue weighted by Crippen LogP contribution is -2.49. The van der Waals surface area contributed by atoms with Crippen molar-refractivity contribution in [2.45, 2.75) is 45.0 Å². The molecule has 1 aliphatic rings. The molecule has 0 N–H and O–H groups in total. The minimum atomic E-state index is -1.33. The lowest BCUT2D eigenvalue weighted by Gasteiger charge is -2.45.